The third kappa shape index (κ3) is 3.67. The Balaban J connectivity index is 2.17. The van der Waals surface area contributed by atoms with Gasteiger partial charge in [-0.1, -0.05) is 20.8 Å². The van der Waals surface area contributed by atoms with Crippen LogP contribution < -0.4 is 9.62 Å². The zero-order valence-corrected chi connectivity index (χ0v) is 14.2. The summed E-state index contributed by atoms with van der Waals surface area (Å²) >= 11 is 0. The summed E-state index contributed by atoms with van der Waals surface area (Å²) in [6.07, 6.45) is 1.97. The number of carbonyl (C=O) groups is 1. The number of nitrogens with one attached hydrogen (secondary N) is 1. The first-order valence-electron chi connectivity index (χ1n) is 7.78. The molecular weight excluding hydrogens is 300 g/mol. The number of carbonyl (C=O) groups excluding carboxylic acids is 1. The molecule has 1 aliphatic rings. The number of benzene rings is 1. The molecule has 0 saturated carbocycles. The van der Waals surface area contributed by atoms with E-state index in [1.807, 2.05) is 6.92 Å². The van der Waals surface area contributed by atoms with Crippen molar-refractivity contribution < 1.29 is 13.2 Å². The molecule has 0 unspecified atom stereocenters. The summed E-state index contributed by atoms with van der Waals surface area (Å²) in [4.78, 5) is 13.9. The van der Waals surface area contributed by atoms with Crippen molar-refractivity contribution in [2.75, 3.05) is 18.0 Å². The van der Waals surface area contributed by atoms with Gasteiger partial charge in [-0.15, -0.1) is 0 Å². The van der Waals surface area contributed by atoms with Crippen molar-refractivity contribution in [2.45, 2.75) is 44.9 Å². The molecule has 22 heavy (non-hydrogen) atoms. The van der Waals surface area contributed by atoms with E-state index < -0.39 is 10.0 Å². The van der Waals surface area contributed by atoms with E-state index in [-0.39, 0.29) is 10.8 Å². The number of hydrogen-bond acceptors (Lipinski definition) is 3. The lowest BCUT2D eigenvalue weighted by molar-refractivity contribution is -0.118. The van der Waals surface area contributed by atoms with E-state index in [1.54, 1.807) is 23.1 Å². The van der Waals surface area contributed by atoms with Gasteiger partial charge < -0.3 is 4.90 Å². The topological polar surface area (TPSA) is 66.5 Å². The van der Waals surface area contributed by atoms with Gasteiger partial charge in [-0.05, 0) is 42.5 Å². The summed E-state index contributed by atoms with van der Waals surface area (Å²) < 4.78 is 27.2. The van der Waals surface area contributed by atoms with Gasteiger partial charge in [0.05, 0.1) is 4.90 Å². The third-order valence-corrected chi connectivity index (χ3v) is 5.33. The van der Waals surface area contributed by atoms with Crippen LogP contribution in [0.5, 0.6) is 0 Å². The molecule has 1 amide bonds. The standard InChI is InChI=1S/C16H24N2O3S/c1-4-16(19)18-10-8-13-11-14(5-6-15(13)18)22(20,21)17-9-7-12(2)3/h5-6,11-12,17H,4,7-10H2,1-3H3. The molecule has 1 aromatic rings. The molecule has 1 aliphatic heterocycles. The van der Waals surface area contributed by atoms with Crippen molar-refractivity contribution in [3.8, 4) is 0 Å². The van der Waals surface area contributed by atoms with Gasteiger partial charge >= 0.3 is 0 Å². The Bertz CT molecular complexity index is 653. The first kappa shape index (κ1) is 17.0. The summed E-state index contributed by atoms with van der Waals surface area (Å²) in [7, 11) is -3.47. The second kappa shape index (κ2) is 6.79. The summed E-state index contributed by atoms with van der Waals surface area (Å²) in [5.41, 5.74) is 1.77. The number of fused-ring (bicyclic) bond motifs is 1. The predicted molar refractivity (Wildman–Crippen MR) is 87.4 cm³/mol. The summed E-state index contributed by atoms with van der Waals surface area (Å²) in [6, 6.07) is 5.01. The molecule has 122 valence electrons. The highest BCUT2D eigenvalue weighted by molar-refractivity contribution is 7.89. The van der Waals surface area contributed by atoms with Crippen LogP contribution in [-0.2, 0) is 21.2 Å². The Labute approximate surface area is 132 Å². The number of sulfonamides is 1. The minimum absolute atomic E-state index is 0.0735. The van der Waals surface area contributed by atoms with Crippen molar-refractivity contribution in [2.24, 2.45) is 5.92 Å². The van der Waals surface area contributed by atoms with E-state index >= 15 is 0 Å². The summed E-state index contributed by atoms with van der Waals surface area (Å²) in [5, 5.41) is 0. The molecule has 5 nitrogen and oxygen atoms in total. The molecule has 0 atom stereocenters. The van der Waals surface area contributed by atoms with Crippen LogP contribution in [0.1, 0.15) is 39.2 Å². The molecule has 6 heteroatoms. The summed E-state index contributed by atoms with van der Waals surface area (Å²) in [5.74, 6) is 0.528. The van der Waals surface area contributed by atoms with Crippen molar-refractivity contribution in [1.82, 2.24) is 4.72 Å². The van der Waals surface area contributed by atoms with Gasteiger partial charge in [0.25, 0.3) is 0 Å². The van der Waals surface area contributed by atoms with E-state index in [2.05, 4.69) is 18.6 Å². The molecule has 1 N–H and O–H groups in total. The maximum absolute atomic E-state index is 12.3. The van der Waals surface area contributed by atoms with Crippen molar-refractivity contribution in [3.63, 3.8) is 0 Å². The zero-order valence-electron chi connectivity index (χ0n) is 13.4. The zero-order chi connectivity index (χ0) is 16.3. The quantitative estimate of drug-likeness (QED) is 0.873. The lowest BCUT2D eigenvalue weighted by Gasteiger charge is -2.16. The van der Waals surface area contributed by atoms with Crippen LogP contribution in [0.25, 0.3) is 0 Å². The molecule has 0 radical (unpaired) electrons. The lowest BCUT2D eigenvalue weighted by atomic mass is 10.1. The number of hydrogen-bond donors (Lipinski definition) is 1. The number of amides is 1. The number of rotatable bonds is 6. The minimum Gasteiger partial charge on any atom is -0.312 e. The average molecular weight is 324 g/mol. The summed E-state index contributed by atoms with van der Waals surface area (Å²) in [6.45, 7) is 7.02. The number of anilines is 1. The second-order valence-corrected chi connectivity index (χ2v) is 7.79. The second-order valence-electron chi connectivity index (χ2n) is 6.02. The molecule has 0 aromatic heterocycles. The molecular formula is C16H24N2O3S. The van der Waals surface area contributed by atoms with Crippen LogP contribution in [0, 0.1) is 5.92 Å². The molecule has 0 saturated heterocycles. The van der Waals surface area contributed by atoms with Crippen LogP contribution in [0.2, 0.25) is 0 Å². The van der Waals surface area contributed by atoms with Crippen LogP contribution in [-0.4, -0.2) is 27.4 Å². The van der Waals surface area contributed by atoms with Gasteiger partial charge in [0.1, 0.15) is 0 Å². The van der Waals surface area contributed by atoms with E-state index in [1.165, 1.54) is 0 Å². The monoisotopic (exact) mass is 324 g/mol. The smallest absolute Gasteiger partial charge is 0.240 e. The Kier molecular flexibility index (Phi) is 5.24. The highest BCUT2D eigenvalue weighted by Crippen LogP contribution is 2.30. The molecule has 0 fully saturated rings. The molecule has 0 spiro atoms. The molecule has 0 aliphatic carbocycles. The Morgan fingerprint density at radius 2 is 2.09 bits per heavy atom. The third-order valence-electron chi connectivity index (χ3n) is 3.87. The highest BCUT2D eigenvalue weighted by Gasteiger charge is 2.25. The SMILES string of the molecule is CCC(=O)N1CCc2cc(S(=O)(=O)NCCC(C)C)ccc21. The fourth-order valence-electron chi connectivity index (χ4n) is 2.56. The molecule has 1 aromatic carbocycles. The van der Waals surface area contributed by atoms with Crippen LogP contribution in [0.3, 0.4) is 0 Å². The van der Waals surface area contributed by atoms with Crippen molar-refractivity contribution in [3.05, 3.63) is 23.8 Å². The van der Waals surface area contributed by atoms with Gasteiger partial charge in [-0.2, -0.15) is 0 Å². The molecule has 0 bridgehead atoms. The van der Waals surface area contributed by atoms with E-state index in [0.29, 0.717) is 31.8 Å². The van der Waals surface area contributed by atoms with Crippen LogP contribution in [0.15, 0.2) is 23.1 Å². The first-order chi connectivity index (χ1) is 10.3. The van der Waals surface area contributed by atoms with Crippen LogP contribution in [0.4, 0.5) is 5.69 Å². The molecule has 1 heterocycles. The van der Waals surface area contributed by atoms with Gasteiger partial charge in [0.2, 0.25) is 15.9 Å². The van der Waals surface area contributed by atoms with Gasteiger partial charge in [0, 0.05) is 25.2 Å². The largest absolute Gasteiger partial charge is 0.312 e. The lowest BCUT2D eigenvalue weighted by Crippen LogP contribution is -2.28. The van der Waals surface area contributed by atoms with Crippen molar-refractivity contribution >= 4 is 21.6 Å². The van der Waals surface area contributed by atoms with Gasteiger partial charge in [0.15, 0.2) is 0 Å². The van der Waals surface area contributed by atoms with Gasteiger partial charge in [-0.25, -0.2) is 13.1 Å². The number of nitrogens with zero attached hydrogens (tertiary/aromatic N) is 1. The minimum atomic E-state index is -3.47. The maximum atomic E-state index is 12.3. The first-order valence-corrected chi connectivity index (χ1v) is 9.26. The van der Waals surface area contributed by atoms with Crippen molar-refractivity contribution in [1.29, 1.82) is 0 Å². The maximum Gasteiger partial charge on any atom is 0.240 e. The van der Waals surface area contributed by atoms with Crippen LogP contribution >= 0.6 is 0 Å². The Hall–Kier alpha value is -1.40. The fraction of sp³-hybridized carbons (Fsp3) is 0.562. The van der Waals surface area contributed by atoms with E-state index in [0.717, 1.165) is 17.7 Å². The Morgan fingerprint density at radius 1 is 1.36 bits per heavy atom. The highest BCUT2D eigenvalue weighted by atomic mass is 32.2. The predicted octanol–water partition coefficient (Wildman–Crippen LogP) is 2.31. The van der Waals surface area contributed by atoms with E-state index in [9.17, 15) is 13.2 Å². The Morgan fingerprint density at radius 3 is 2.73 bits per heavy atom. The van der Waals surface area contributed by atoms with E-state index in [4.69, 9.17) is 0 Å². The van der Waals surface area contributed by atoms with Gasteiger partial charge in [-0.3, -0.25) is 4.79 Å². The average Bonchev–Trinajstić information content (AvgIpc) is 2.88. The fourth-order valence-corrected chi connectivity index (χ4v) is 3.66. The normalized spacial score (nSPS) is 14.5. The molecule has 2 rings (SSSR count).